The van der Waals surface area contributed by atoms with E-state index in [0.717, 1.165) is 5.56 Å². The predicted molar refractivity (Wildman–Crippen MR) is 105 cm³/mol. The number of nitrogens with zero attached hydrogens (tertiary/aromatic N) is 1. The molecule has 1 amide bonds. The van der Waals surface area contributed by atoms with Gasteiger partial charge < -0.3 is 19.3 Å². The first-order chi connectivity index (χ1) is 13.3. The van der Waals surface area contributed by atoms with E-state index < -0.39 is 12.0 Å². The van der Waals surface area contributed by atoms with Crippen molar-refractivity contribution in [1.82, 2.24) is 5.43 Å². The molecule has 0 saturated heterocycles. The minimum atomic E-state index is -0.797. The summed E-state index contributed by atoms with van der Waals surface area (Å²) in [4.78, 5) is 12.4. The number of amides is 1. The van der Waals surface area contributed by atoms with Gasteiger partial charge in [-0.25, -0.2) is 5.43 Å². The van der Waals surface area contributed by atoms with Gasteiger partial charge in [0.1, 0.15) is 6.61 Å². The van der Waals surface area contributed by atoms with Crippen molar-refractivity contribution in [2.45, 2.75) is 32.3 Å². The van der Waals surface area contributed by atoms with Crippen molar-refractivity contribution in [2.24, 2.45) is 5.10 Å². The molecule has 7 heteroatoms. The van der Waals surface area contributed by atoms with Crippen LogP contribution in [0.3, 0.4) is 0 Å². The molecular formula is C21H24N2O5. The number of hydrogen-bond acceptors (Lipinski definition) is 6. The summed E-state index contributed by atoms with van der Waals surface area (Å²) < 4.78 is 16.5. The molecule has 1 heterocycles. The summed E-state index contributed by atoms with van der Waals surface area (Å²) in [5.74, 6) is 1.12. The Morgan fingerprint density at radius 3 is 2.75 bits per heavy atom. The highest BCUT2D eigenvalue weighted by atomic mass is 16.6. The molecule has 2 aromatic rings. The Morgan fingerprint density at radius 2 is 2.04 bits per heavy atom. The van der Waals surface area contributed by atoms with Crippen molar-refractivity contribution >= 4 is 12.1 Å². The van der Waals surface area contributed by atoms with E-state index in [4.69, 9.17) is 14.2 Å². The topological polar surface area (TPSA) is 89.4 Å². The lowest BCUT2D eigenvalue weighted by Gasteiger charge is -2.27. The number of aromatic hydroxyl groups is 1. The SMILES string of the molecule is COc1cc(/C=N\NC(=O)[C@H]2COc3ccc(C(C)(C)C)cc3O2)ccc1O. The number of carbonyl (C=O) groups excluding carboxylic acids is 1. The minimum absolute atomic E-state index is 0.0322. The molecule has 1 aliphatic rings. The second-order valence-corrected chi connectivity index (χ2v) is 7.49. The zero-order chi connectivity index (χ0) is 20.3. The third-order valence-electron chi connectivity index (χ3n) is 4.35. The Labute approximate surface area is 163 Å². The van der Waals surface area contributed by atoms with Crippen LogP contribution in [-0.2, 0) is 10.2 Å². The number of benzene rings is 2. The Balaban J connectivity index is 1.64. The maximum atomic E-state index is 12.4. The summed E-state index contributed by atoms with van der Waals surface area (Å²) in [6.07, 6.45) is 0.657. The zero-order valence-corrected chi connectivity index (χ0v) is 16.4. The Bertz CT molecular complexity index is 902. The number of hydrogen-bond donors (Lipinski definition) is 2. The second-order valence-electron chi connectivity index (χ2n) is 7.49. The normalized spacial score (nSPS) is 16.1. The first-order valence-corrected chi connectivity index (χ1v) is 8.92. The summed E-state index contributed by atoms with van der Waals surface area (Å²) in [6, 6.07) is 10.5. The summed E-state index contributed by atoms with van der Waals surface area (Å²) in [5.41, 5.74) is 4.17. The molecule has 0 radical (unpaired) electrons. The quantitative estimate of drug-likeness (QED) is 0.625. The number of phenols is 1. The van der Waals surface area contributed by atoms with Crippen molar-refractivity contribution < 1.29 is 24.1 Å². The number of phenolic OH excluding ortho intramolecular Hbond substituents is 1. The molecular weight excluding hydrogens is 360 g/mol. The van der Waals surface area contributed by atoms with Crippen molar-refractivity contribution in [2.75, 3.05) is 13.7 Å². The van der Waals surface area contributed by atoms with Crippen molar-refractivity contribution in [3.8, 4) is 23.0 Å². The predicted octanol–water partition coefficient (Wildman–Crippen LogP) is 2.99. The second kappa shape index (κ2) is 7.80. The van der Waals surface area contributed by atoms with Gasteiger partial charge in [-0.1, -0.05) is 26.8 Å². The minimum Gasteiger partial charge on any atom is -0.504 e. The van der Waals surface area contributed by atoms with Crippen LogP contribution in [-0.4, -0.2) is 37.0 Å². The number of methoxy groups -OCH3 is 1. The monoisotopic (exact) mass is 384 g/mol. The molecule has 2 N–H and O–H groups in total. The number of carbonyl (C=O) groups is 1. The average molecular weight is 384 g/mol. The highest BCUT2D eigenvalue weighted by Gasteiger charge is 2.28. The van der Waals surface area contributed by atoms with E-state index in [1.54, 1.807) is 12.1 Å². The first-order valence-electron chi connectivity index (χ1n) is 8.92. The van der Waals surface area contributed by atoms with Crippen LogP contribution in [0.4, 0.5) is 0 Å². The van der Waals surface area contributed by atoms with E-state index in [9.17, 15) is 9.90 Å². The molecule has 0 fully saturated rings. The molecule has 3 rings (SSSR count). The molecule has 1 aliphatic heterocycles. The van der Waals surface area contributed by atoms with Gasteiger partial charge in [-0.15, -0.1) is 0 Å². The molecule has 0 bridgehead atoms. The number of hydrazone groups is 1. The molecule has 0 aromatic heterocycles. The van der Waals surface area contributed by atoms with Gasteiger partial charge in [-0.3, -0.25) is 4.79 Å². The van der Waals surface area contributed by atoms with Crippen LogP contribution in [0.5, 0.6) is 23.0 Å². The van der Waals surface area contributed by atoms with E-state index >= 15 is 0 Å². The number of fused-ring (bicyclic) bond motifs is 1. The molecule has 0 spiro atoms. The molecule has 7 nitrogen and oxygen atoms in total. The van der Waals surface area contributed by atoms with E-state index in [2.05, 4.69) is 31.3 Å². The lowest BCUT2D eigenvalue weighted by atomic mass is 9.87. The van der Waals surface area contributed by atoms with Crippen molar-refractivity contribution in [3.63, 3.8) is 0 Å². The van der Waals surface area contributed by atoms with Crippen LogP contribution >= 0.6 is 0 Å². The smallest absolute Gasteiger partial charge is 0.284 e. The number of ether oxygens (including phenoxy) is 3. The van der Waals surface area contributed by atoms with Gasteiger partial charge in [0, 0.05) is 0 Å². The van der Waals surface area contributed by atoms with E-state index in [0.29, 0.717) is 22.8 Å². The standard InChI is InChI=1S/C21H24N2O5/c1-21(2,3)14-6-8-16-18(10-14)28-19(12-27-16)20(25)23-22-11-13-5-7-15(24)17(9-13)26-4/h5-11,19,24H,12H2,1-4H3,(H,23,25)/b22-11-/t19-/m1/s1. The fourth-order valence-corrected chi connectivity index (χ4v) is 2.68. The average Bonchev–Trinajstić information content (AvgIpc) is 2.67. The third-order valence-corrected chi connectivity index (χ3v) is 4.35. The maximum absolute atomic E-state index is 12.4. The van der Waals surface area contributed by atoms with E-state index in [1.165, 1.54) is 19.4 Å². The number of nitrogens with one attached hydrogen (secondary N) is 1. The fourth-order valence-electron chi connectivity index (χ4n) is 2.68. The lowest BCUT2D eigenvalue weighted by molar-refractivity contribution is -0.130. The highest BCUT2D eigenvalue weighted by molar-refractivity contribution is 5.85. The largest absolute Gasteiger partial charge is 0.504 e. The Kier molecular flexibility index (Phi) is 5.44. The summed E-state index contributed by atoms with van der Waals surface area (Å²) >= 11 is 0. The fraction of sp³-hybridized carbons (Fsp3) is 0.333. The van der Waals surface area contributed by atoms with E-state index in [1.807, 2.05) is 18.2 Å². The lowest BCUT2D eigenvalue weighted by Crippen LogP contribution is -2.42. The van der Waals surface area contributed by atoms with Gasteiger partial charge in [-0.2, -0.15) is 5.10 Å². The molecule has 1 atom stereocenters. The zero-order valence-electron chi connectivity index (χ0n) is 16.4. The molecule has 148 valence electrons. The first kappa shape index (κ1) is 19.5. The van der Waals surface area contributed by atoms with Crippen LogP contribution in [0.1, 0.15) is 31.9 Å². The number of rotatable bonds is 4. The summed E-state index contributed by atoms with van der Waals surface area (Å²) in [7, 11) is 1.46. The molecule has 0 saturated carbocycles. The van der Waals surface area contributed by atoms with Gasteiger partial charge in [0.05, 0.1) is 13.3 Å². The van der Waals surface area contributed by atoms with Gasteiger partial charge >= 0.3 is 0 Å². The van der Waals surface area contributed by atoms with Gasteiger partial charge in [0.2, 0.25) is 6.10 Å². The third kappa shape index (κ3) is 4.36. The summed E-state index contributed by atoms with van der Waals surface area (Å²) in [6.45, 7) is 6.43. The highest BCUT2D eigenvalue weighted by Crippen LogP contribution is 2.36. The molecule has 28 heavy (non-hydrogen) atoms. The summed E-state index contributed by atoms with van der Waals surface area (Å²) in [5, 5.41) is 13.5. The molecule has 0 unspecified atom stereocenters. The Morgan fingerprint density at radius 1 is 1.25 bits per heavy atom. The maximum Gasteiger partial charge on any atom is 0.284 e. The van der Waals surface area contributed by atoms with Crippen LogP contribution in [0.2, 0.25) is 0 Å². The van der Waals surface area contributed by atoms with Crippen LogP contribution in [0, 0.1) is 0 Å². The van der Waals surface area contributed by atoms with Crippen LogP contribution < -0.4 is 19.6 Å². The van der Waals surface area contributed by atoms with Crippen molar-refractivity contribution in [1.29, 1.82) is 0 Å². The molecule has 0 aliphatic carbocycles. The van der Waals surface area contributed by atoms with E-state index in [-0.39, 0.29) is 17.8 Å². The van der Waals surface area contributed by atoms with Gasteiger partial charge in [-0.05, 0) is 46.9 Å². The van der Waals surface area contributed by atoms with Crippen molar-refractivity contribution in [3.05, 3.63) is 47.5 Å². The molecule has 2 aromatic carbocycles. The van der Waals surface area contributed by atoms with Crippen LogP contribution in [0.25, 0.3) is 0 Å². The van der Waals surface area contributed by atoms with Crippen LogP contribution in [0.15, 0.2) is 41.5 Å². The van der Waals surface area contributed by atoms with Gasteiger partial charge in [0.25, 0.3) is 5.91 Å². The van der Waals surface area contributed by atoms with Gasteiger partial charge in [0.15, 0.2) is 23.0 Å². The Hall–Kier alpha value is -3.22.